The molecule has 6 heterocycles. The minimum Gasteiger partial charge on any atom is -0.391 e. The summed E-state index contributed by atoms with van der Waals surface area (Å²) in [5.41, 5.74) is 1.36. The molecule has 6 rings (SSSR count). The highest BCUT2D eigenvalue weighted by Crippen LogP contribution is 2.33. The monoisotopic (exact) mass is 806 g/mol. The Bertz CT molecular complexity index is 1760. The number of aliphatic imine (C=N–C) groups is 2. The van der Waals surface area contributed by atoms with E-state index in [-0.39, 0.29) is 85.2 Å². The Hall–Kier alpha value is -3.60. The van der Waals surface area contributed by atoms with Crippen LogP contribution in [0.1, 0.15) is 75.3 Å². The van der Waals surface area contributed by atoms with Crippen LogP contribution in [-0.2, 0) is 29.6 Å². The fourth-order valence-corrected chi connectivity index (χ4v) is 8.41. The van der Waals surface area contributed by atoms with Gasteiger partial charge in [-0.05, 0) is 25.7 Å². The number of amidine groups is 2. The van der Waals surface area contributed by atoms with Crippen molar-refractivity contribution in [2.75, 3.05) is 31.1 Å². The number of carbonyl (C=O) groups is 2. The van der Waals surface area contributed by atoms with Gasteiger partial charge in [0.15, 0.2) is 11.8 Å². The zero-order valence-corrected chi connectivity index (χ0v) is 32.9. The number of aromatic nitrogens is 2. The van der Waals surface area contributed by atoms with Crippen molar-refractivity contribution < 1.29 is 49.6 Å². The fourth-order valence-electron chi connectivity index (χ4n) is 6.62. The number of rotatable bonds is 8. The van der Waals surface area contributed by atoms with Gasteiger partial charge in [0, 0.05) is 56.5 Å². The second-order valence-corrected chi connectivity index (χ2v) is 17.6. The molecular formula is C31H47FN8O10S3. The van der Waals surface area contributed by atoms with E-state index in [1.165, 1.54) is 16.1 Å². The van der Waals surface area contributed by atoms with Crippen molar-refractivity contribution in [1.29, 1.82) is 0 Å². The Labute approximate surface area is 312 Å². The number of carbonyl (C=O) groups excluding carboxylic acids is 2. The van der Waals surface area contributed by atoms with Crippen molar-refractivity contribution in [2.45, 2.75) is 90.5 Å². The molecule has 6 atom stereocenters. The molecule has 4 aliphatic rings. The maximum Gasteiger partial charge on any atom is 0.254 e. The number of sulfonamides is 2. The third-order valence-electron chi connectivity index (χ3n) is 8.86. The molecule has 2 aromatic heterocycles. The van der Waals surface area contributed by atoms with Crippen molar-refractivity contribution in [1.82, 2.24) is 29.6 Å². The quantitative estimate of drug-likeness (QED) is 0.293. The topological polar surface area (TPSA) is 250 Å². The molecule has 0 radical (unpaired) electrons. The van der Waals surface area contributed by atoms with Gasteiger partial charge in [0.1, 0.15) is 35.0 Å². The standard InChI is InChI=1S/2C15H22N4O5S.CH3FS/c2*1-8(2)13(12-4-9(3)17-24-12)15(21)19-6-10(20)5-11(19)14-16-7-25(22,23)18-14;1-3-2/h2*4,8,10-11,13,20H,5-7H2,1-3H3,(H,16,18);1H3/t10-,11?,13?;10-,11+,13?;/m11./s1. The number of hydrogen-bond acceptors (Lipinski definition) is 15. The lowest BCUT2D eigenvalue weighted by Gasteiger charge is -2.29. The Morgan fingerprint density at radius 1 is 0.792 bits per heavy atom. The molecule has 0 bridgehead atoms. The molecule has 296 valence electrons. The number of likely N-dealkylation sites (tertiary alicyclic amines) is 2. The summed E-state index contributed by atoms with van der Waals surface area (Å²) in [5, 5.41) is 27.8. The van der Waals surface area contributed by atoms with E-state index in [0.717, 1.165) is 0 Å². The summed E-state index contributed by atoms with van der Waals surface area (Å²) in [7, 11) is -6.97. The molecular weight excluding hydrogens is 760 g/mol. The lowest BCUT2D eigenvalue weighted by atomic mass is 9.91. The van der Waals surface area contributed by atoms with E-state index in [4.69, 9.17) is 9.05 Å². The second-order valence-electron chi connectivity index (χ2n) is 13.9. The van der Waals surface area contributed by atoms with E-state index >= 15 is 0 Å². The number of aliphatic hydroxyl groups is 2. The minimum atomic E-state index is -3.49. The van der Waals surface area contributed by atoms with Crippen LogP contribution in [0.5, 0.6) is 0 Å². The van der Waals surface area contributed by atoms with Crippen LogP contribution >= 0.6 is 12.1 Å². The first-order valence-corrected chi connectivity index (χ1v) is 21.3. The van der Waals surface area contributed by atoms with Gasteiger partial charge < -0.3 is 29.1 Å². The molecule has 0 aromatic carbocycles. The molecule has 0 spiro atoms. The van der Waals surface area contributed by atoms with Crippen molar-refractivity contribution in [3.63, 3.8) is 0 Å². The second kappa shape index (κ2) is 17.2. The van der Waals surface area contributed by atoms with E-state index in [0.29, 0.717) is 22.9 Å². The van der Waals surface area contributed by atoms with E-state index in [1.54, 1.807) is 26.0 Å². The van der Waals surface area contributed by atoms with Gasteiger partial charge >= 0.3 is 0 Å². The number of amides is 2. The molecule has 2 saturated heterocycles. The molecule has 2 fully saturated rings. The van der Waals surface area contributed by atoms with Gasteiger partial charge in [-0.2, -0.15) is 3.89 Å². The van der Waals surface area contributed by atoms with Gasteiger partial charge in [0.25, 0.3) is 20.0 Å². The molecule has 53 heavy (non-hydrogen) atoms. The Kier molecular flexibility index (Phi) is 13.7. The van der Waals surface area contributed by atoms with Crippen molar-refractivity contribution in [3.05, 3.63) is 35.0 Å². The van der Waals surface area contributed by atoms with Crippen LogP contribution in [0.15, 0.2) is 31.2 Å². The number of aryl methyl sites for hydroxylation is 2. The van der Waals surface area contributed by atoms with E-state index in [1.807, 2.05) is 27.7 Å². The normalized spacial score (nSPS) is 25.4. The summed E-state index contributed by atoms with van der Waals surface area (Å²) in [6, 6.07) is 2.26. The van der Waals surface area contributed by atoms with Crippen molar-refractivity contribution in [3.8, 4) is 0 Å². The smallest absolute Gasteiger partial charge is 0.254 e. The van der Waals surface area contributed by atoms with Crippen LogP contribution in [0.3, 0.4) is 0 Å². The van der Waals surface area contributed by atoms with Gasteiger partial charge in [-0.3, -0.25) is 29.0 Å². The Morgan fingerprint density at radius 2 is 1.13 bits per heavy atom. The molecule has 22 heteroatoms. The first-order chi connectivity index (χ1) is 24.8. The van der Waals surface area contributed by atoms with Crippen LogP contribution < -0.4 is 9.44 Å². The molecule has 4 N–H and O–H groups in total. The SMILES string of the molecule is CSF.Cc1cc(C(C(=O)N2C[C@H](O)CC2C2=NCS(=O)(=O)N2)C(C)C)on1.Cc1cc(C(C(=O)N2C[C@H](O)C[C@H]2C2=NCS(=O)(=O)N2)C(C)C)on1. The average molecular weight is 807 g/mol. The number of nitrogens with zero attached hydrogens (tertiary/aromatic N) is 6. The Morgan fingerprint density at radius 3 is 1.38 bits per heavy atom. The fraction of sp³-hybridized carbons (Fsp3) is 0.677. The summed E-state index contributed by atoms with van der Waals surface area (Å²) in [4.78, 5) is 37.3. The zero-order valence-electron chi connectivity index (χ0n) is 30.5. The summed E-state index contributed by atoms with van der Waals surface area (Å²) >= 11 is 0.250. The highest BCUT2D eigenvalue weighted by Gasteiger charge is 2.45. The first kappa shape index (κ1) is 42.1. The van der Waals surface area contributed by atoms with Gasteiger partial charge in [0.2, 0.25) is 11.8 Å². The predicted octanol–water partition coefficient (Wildman–Crippen LogP) is 1.18. The maximum absolute atomic E-state index is 13.2. The third kappa shape index (κ3) is 10.3. The summed E-state index contributed by atoms with van der Waals surface area (Å²) < 4.78 is 72.0. The highest BCUT2D eigenvalue weighted by atomic mass is 32.2. The number of nitrogens with one attached hydrogen (secondary N) is 2. The minimum absolute atomic E-state index is 0.0551. The number of hydrogen-bond donors (Lipinski definition) is 4. The number of halogens is 1. The first-order valence-electron chi connectivity index (χ1n) is 16.8. The number of aliphatic hydroxyl groups excluding tert-OH is 2. The van der Waals surface area contributed by atoms with E-state index in [2.05, 4.69) is 29.7 Å². The summed E-state index contributed by atoms with van der Waals surface area (Å²) in [5.74, 6) is -1.07. The van der Waals surface area contributed by atoms with Crippen molar-refractivity contribution in [2.24, 2.45) is 21.8 Å². The van der Waals surface area contributed by atoms with Gasteiger partial charge in [-0.1, -0.05) is 38.0 Å². The third-order valence-corrected chi connectivity index (χ3v) is 10.8. The molecule has 18 nitrogen and oxygen atoms in total. The lowest BCUT2D eigenvalue weighted by molar-refractivity contribution is -0.135. The van der Waals surface area contributed by atoms with Gasteiger partial charge in [-0.25, -0.2) is 16.8 Å². The molecule has 2 aromatic rings. The van der Waals surface area contributed by atoms with E-state index < -0.39 is 56.2 Å². The largest absolute Gasteiger partial charge is 0.391 e. The Balaban J connectivity index is 0.000000220. The van der Waals surface area contributed by atoms with Crippen LogP contribution in [0, 0.1) is 25.7 Å². The molecule has 4 aliphatic heterocycles. The predicted molar refractivity (Wildman–Crippen MR) is 193 cm³/mol. The molecule has 0 aliphatic carbocycles. The molecule has 0 saturated carbocycles. The van der Waals surface area contributed by atoms with Crippen LogP contribution in [-0.4, -0.2) is 126 Å². The summed E-state index contributed by atoms with van der Waals surface area (Å²) in [6.07, 6.45) is 0.401. The van der Waals surface area contributed by atoms with Crippen LogP contribution in [0.2, 0.25) is 0 Å². The van der Waals surface area contributed by atoms with Crippen LogP contribution in [0.25, 0.3) is 0 Å². The molecule has 2 amide bonds. The van der Waals surface area contributed by atoms with Crippen molar-refractivity contribution >= 4 is 55.7 Å². The molecule has 3 unspecified atom stereocenters. The highest BCUT2D eigenvalue weighted by molar-refractivity contribution is 7.93. The average Bonchev–Trinajstić information content (AvgIpc) is 3.91. The summed E-state index contributed by atoms with van der Waals surface area (Å²) in [6.45, 7) is 11.4. The maximum atomic E-state index is 13.2. The van der Waals surface area contributed by atoms with Gasteiger partial charge in [-0.15, -0.1) is 0 Å². The zero-order chi connectivity index (χ0) is 39.4. The van der Waals surface area contributed by atoms with Gasteiger partial charge in [0.05, 0.1) is 35.7 Å². The number of β-amino-alcohol motifs (C(OH)–C–C–N with tert-alkyl or cyclic N) is 2. The van der Waals surface area contributed by atoms with E-state index in [9.17, 15) is 40.5 Å². The lowest BCUT2D eigenvalue weighted by Crippen LogP contribution is -2.47. The van der Waals surface area contributed by atoms with Crippen LogP contribution in [0.4, 0.5) is 3.89 Å².